The summed E-state index contributed by atoms with van der Waals surface area (Å²) in [4.78, 5) is 11.7. The molecule has 0 atom stereocenters. The highest BCUT2D eigenvalue weighted by Crippen LogP contribution is 2.11. The first-order valence-corrected chi connectivity index (χ1v) is 6.44. The molecule has 3 nitrogen and oxygen atoms in total. The predicted octanol–water partition coefficient (Wildman–Crippen LogP) is 3.26. The van der Waals surface area contributed by atoms with Crippen molar-refractivity contribution in [3.8, 4) is 0 Å². The van der Waals surface area contributed by atoms with Crippen LogP contribution in [0.4, 0.5) is 0 Å². The van der Waals surface area contributed by atoms with Crippen molar-refractivity contribution in [1.82, 2.24) is 5.32 Å². The van der Waals surface area contributed by atoms with Crippen LogP contribution in [0.15, 0.2) is 11.8 Å². The van der Waals surface area contributed by atoms with E-state index in [1.165, 1.54) is 0 Å². The minimum atomic E-state index is -0.431. The van der Waals surface area contributed by atoms with Gasteiger partial charge in [-0.05, 0) is 33.1 Å². The standard InChI is InChI=1S/C14H27NO2/c1-7-8-9-15-12(11(2)3)10-13(16)17-14(4,5)6/h10-11,15H,7-9H2,1-6H3/b12-10-. The molecule has 3 heteroatoms. The van der Waals surface area contributed by atoms with E-state index in [0.29, 0.717) is 5.92 Å². The summed E-state index contributed by atoms with van der Waals surface area (Å²) in [7, 11) is 0. The third-order valence-corrected chi connectivity index (χ3v) is 2.16. The lowest BCUT2D eigenvalue weighted by Gasteiger charge is -2.19. The van der Waals surface area contributed by atoms with Gasteiger partial charge in [0.15, 0.2) is 0 Å². The first-order chi connectivity index (χ1) is 7.76. The van der Waals surface area contributed by atoms with Gasteiger partial charge in [-0.15, -0.1) is 0 Å². The zero-order valence-electron chi connectivity index (χ0n) is 12.1. The van der Waals surface area contributed by atoms with Crippen molar-refractivity contribution >= 4 is 5.97 Å². The quantitative estimate of drug-likeness (QED) is 0.441. The Morgan fingerprint density at radius 1 is 1.35 bits per heavy atom. The number of nitrogens with one attached hydrogen (secondary N) is 1. The third kappa shape index (κ3) is 8.78. The Hall–Kier alpha value is -0.990. The topological polar surface area (TPSA) is 38.3 Å². The lowest BCUT2D eigenvalue weighted by atomic mass is 10.1. The monoisotopic (exact) mass is 241 g/mol. The molecule has 0 aromatic rings. The van der Waals surface area contributed by atoms with Crippen molar-refractivity contribution in [1.29, 1.82) is 0 Å². The number of hydrogen-bond acceptors (Lipinski definition) is 3. The molecule has 0 saturated heterocycles. The molecular weight excluding hydrogens is 214 g/mol. The number of allylic oxidation sites excluding steroid dienone is 1. The molecule has 0 rings (SSSR count). The molecule has 100 valence electrons. The molecule has 0 saturated carbocycles. The summed E-state index contributed by atoms with van der Waals surface area (Å²) < 4.78 is 5.27. The number of unbranched alkanes of at least 4 members (excludes halogenated alkanes) is 1. The molecule has 0 amide bonds. The first-order valence-electron chi connectivity index (χ1n) is 6.44. The van der Waals surface area contributed by atoms with Crippen LogP contribution in [0.1, 0.15) is 54.4 Å². The van der Waals surface area contributed by atoms with Crippen molar-refractivity contribution in [3.05, 3.63) is 11.8 Å². The van der Waals surface area contributed by atoms with E-state index >= 15 is 0 Å². The second-order valence-corrected chi connectivity index (χ2v) is 5.57. The maximum atomic E-state index is 11.7. The molecule has 0 aliphatic rings. The zero-order valence-corrected chi connectivity index (χ0v) is 12.1. The molecule has 0 aliphatic carbocycles. The second kappa shape index (κ2) is 7.36. The summed E-state index contributed by atoms with van der Waals surface area (Å²) in [5.74, 6) is 0.0320. The maximum absolute atomic E-state index is 11.7. The summed E-state index contributed by atoms with van der Waals surface area (Å²) in [6.45, 7) is 12.8. The molecular formula is C14H27NO2. The van der Waals surface area contributed by atoms with Gasteiger partial charge in [0.2, 0.25) is 0 Å². The van der Waals surface area contributed by atoms with E-state index < -0.39 is 5.60 Å². The van der Waals surface area contributed by atoms with Gasteiger partial charge >= 0.3 is 5.97 Å². The maximum Gasteiger partial charge on any atom is 0.333 e. The van der Waals surface area contributed by atoms with Gasteiger partial charge in [-0.1, -0.05) is 27.2 Å². The summed E-state index contributed by atoms with van der Waals surface area (Å²) in [5.41, 5.74) is 0.520. The summed E-state index contributed by atoms with van der Waals surface area (Å²) in [6, 6.07) is 0. The van der Waals surface area contributed by atoms with Crippen molar-refractivity contribution in [2.75, 3.05) is 6.54 Å². The fraction of sp³-hybridized carbons (Fsp3) is 0.786. The van der Waals surface area contributed by atoms with Crippen molar-refractivity contribution in [2.45, 2.75) is 60.0 Å². The predicted molar refractivity (Wildman–Crippen MR) is 71.7 cm³/mol. The SMILES string of the molecule is CCCCN/C(=C\C(=O)OC(C)(C)C)C(C)C. The van der Waals surface area contributed by atoms with Gasteiger partial charge in [-0.3, -0.25) is 0 Å². The molecule has 0 fully saturated rings. The number of esters is 1. The highest BCUT2D eigenvalue weighted by atomic mass is 16.6. The minimum absolute atomic E-state index is 0.273. The van der Waals surface area contributed by atoms with Crippen molar-refractivity contribution in [2.24, 2.45) is 5.92 Å². The Labute approximate surface area is 106 Å². The zero-order chi connectivity index (χ0) is 13.5. The fourth-order valence-electron chi connectivity index (χ4n) is 1.29. The first kappa shape index (κ1) is 16.0. The third-order valence-electron chi connectivity index (χ3n) is 2.16. The van der Waals surface area contributed by atoms with E-state index in [2.05, 4.69) is 26.1 Å². The van der Waals surface area contributed by atoms with Crippen LogP contribution >= 0.6 is 0 Å². The molecule has 0 radical (unpaired) electrons. The summed E-state index contributed by atoms with van der Waals surface area (Å²) in [6.07, 6.45) is 3.83. The largest absolute Gasteiger partial charge is 0.457 e. The summed E-state index contributed by atoms with van der Waals surface area (Å²) >= 11 is 0. The van der Waals surface area contributed by atoms with Gasteiger partial charge < -0.3 is 10.1 Å². The molecule has 0 aromatic carbocycles. The Bertz CT molecular complexity index is 262. The van der Waals surface area contributed by atoms with Crippen molar-refractivity contribution < 1.29 is 9.53 Å². The molecule has 0 bridgehead atoms. The van der Waals surface area contributed by atoms with Gasteiger partial charge in [0.05, 0.1) is 0 Å². The van der Waals surface area contributed by atoms with Gasteiger partial charge in [0.1, 0.15) is 5.60 Å². The van der Waals surface area contributed by atoms with Gasteiger partial charge in [0.25, 0.3) is 0 Å². The van der Waals surface area contributed by atoms with Crippen LogP contribution in [-0.2, 0) is 9.53 Å². The number of carbonyl (C=O) groups is 1. The van der Waals surface area contributed by atoms with E-state index in [1.54, 1.807) is 6.08 Å². The van der Waals surface area contributed by atoms with Crippen LogP contribution in [-0.4, -0.2) is 18.1 Å². The highest BCUT2D eigenvalue weighted by Gasteiger charge is 2.15. The highest BCUT2D eigenvalue weighted by molar-refractivity contribution is 5.83. The molecule has 0 aromatic heterocycles. The van der Waals surface area contributed by atoms with E-state index in [0.717, 1.165) is 25.1 Å². The molecule has 0 spiro atoms. The van der Waals surface area contributed by atoms with Crippen LogP contribution in [0.2, 0.25) is 0 Å². The fourth-order valence-corrected chi connectivity index (χ4v) is 1.29. The average molecular weight is 241 g/mol. The van der Waals surface area contributed by atoms with Crippen LogP contribution in [0.25, 0.3) is 0 Å². The smallest absolute Gasteiger partial charge is 0.333 e. The Morgan fingerprint density at radius 3 is 2.35 bits per heavy atom. The lowest BCUT2D eigenvalue weighted by Crippen LogP contribution is -2.25. The lowest BCUT2D eigenvalue weighted by molar-refractivity contribution is -0.148. The molecule has 0 aliphatic heterocycles. The van der Waals surface area contributed by atoms with Crippen LogP contribution in [0.5, 0.6) is 0 Å². The van der Waals surface area contributed by atoms with Gasteiger partial charge in [-0.2, -0.15) is 0 Å². The van der Waals surface area contributed by atoms with Gasteiger partial charge in [-0.25, -0.2) is 4.79 Å². The molecule has 1 N–H and O–H groups in total. The number of rotatable bonds is 6. The summed E-state index contributed by atoms with van der Waals surface area (Å²) in [5, 5.41) is 3.30. The Morgan fingerprint density at radius 2 is 1.94 bits per heavy atom. The Kier molecular flexibility index (Phi) is 6.93. The van der Waals surface area contributed by atoms with E-state index in [-0.39, 0.29) is 5.97 Å². The van der Waals surface area contributed by atoms with Gasteiger partial charge in [0, 0.05) is 18.3 Å². The Balaban J connectivity index is 4.42. The normalized spacial score (nSPS) is 12.8. The number of carbonyl (C=O) groups excluding carboxylic acids is 1. The van der Waals surface area contributed by atoms with Crippen LogP contribution < -0.4 is 5.32 Å². The molecule has 0 heterocycles. The number of ether oxygens (including phenoxy) is 1. The van der Waals surface area contributed by atoms with Crippen LogP contribution in [0, 0.1) is 5.92 Å². The van der Waals surface area contributed by atoms with Crippen molar-refractivity contribution in [3.63, 3.8) is 0 Å². The molecule has 17 heavy (non-hydrogen) atoms. The van der Waals surface area contributed by atoms with Crippen LogP contribution in [0.3, 0.4) is 0 Å². The second-order valence-electron chi connectivity index (χ2n) is 5.57. The molecule has 0 unspecified atom stereocenters. The van der Waals surface area contributed by atoms with E-state index in [1.807, 2.05) is 20.8 Å². The van der Waals surface area contributed by atoms with E-state index in [4.69, 9.17) is 4.74 Å². The number of hydrogen-bond donors (Lipinski definition) is 1. The average Bonchev–Trinajstić information content (AvgIpc) is 2.13. The van der Waals surface area contributed by atoms with E-state index in [9.17, 15) is 4.79 Å². The minimum Gasteiger partial charge on any atom is -0.457 e.